The first-order chi connectivity index (χ1) is 10.2. The summed E-state index contributed by atoms with van der Waals surface area (Å²) in [4.78, 5) is 24.3. The molecule has 21 heavy (non-hydrogen) atoms. The van der Waals surface area contributed by atoms with Crippen LogP contribution in [0.15, 0.2) is 43.0 Å². The maximum atomic E-state index is 11.9. The molecule has 2 aromatic heterocycles. The lowest BCUT2D eigenvalue weighted by Gasteiger charge is -2.08. The summed E-state index contributed by atoms with van der Waals surface area (Å²) in [5, 5.41) is 0. The van der Waals surface area contributed by atoms with Crippen molar-refractivity contribution in [1.29, 1.82) is 0 Å². The second-order valence-electron chi connectivity index (χ2n) is 4.59. The summed E-state index contributed by atoms with van der Waals surface area (Å²) in [6.07, 6.45) is 3.37. The van der Waals surface area contributed by atoms with E-state index in [1.807, 2.05) is 37.4 Å². The summed E-state index contributed by atoms with van der Waals surface area (Å²) in [5.74, 6) is 0.325. The summed E-state index contributed by atoms with van der Waals surface area (Å²) < 4.78 is 1.79. The van der Waals surface area contributed by atoms with E-state index in [9.17, 15) is 4.79 Å². The molecular weight excluding hydrogens is 268 g/mol. The van der Waals surface area contributed by atoms with Gasteiger partial charge in [0.2, 0.25) is 5.91 Å². The lowest BCUT2D eigenvalue weighted by Crippen LogP contribution is -2.31. The van der Waals surface area contributed by atoms with E-state index in [1.54, 1.807) is 10.9 Å². The van der Waals surface area contributed by atoms with Gasteiger partial charge in [0.15, 0.2) is 17.0 Å². The minimum atomic E-state index is -0.149. The molecule has 3 aromatic rings. The van der Waals surface area contributed by atoms with E-state index in [2.05, 4.69) is 25.8 Å². The van der Waals surface area contributed by atoms with Gasteiger partial charge >= 0.3 is 0 Å². The molecule has 7 nitrogen and oxygen atoms in total. The number of hydrogen-bond donors (Lipinski definition) is 2. The summed E-state index contributed by atoms with van der Waals surface area (Å²) in [6, 6.07) is 9.52. The van der Waals surface area contributed by atoms with Crippen molar-refractivity contribution in [2.45, 2.75) is 6.42 Å². The van der Waals surface area contributed by atoms with Gasteiger partial charge in [0.05, 0.1) is 12.7 Å². The van der Waals surface area contributed by atoms with Crippen molar-refractivity contribution < 1.29 is 4.79 Å². The Balaban J connectivity index is 1.68. The molecule has 0 saturated carbocycles. The zero-order valence-electron chi connectivity index (χ0n) is 11.4. The van der Waals surface area contributed by atoms with Crippen molar-refractivity contribution >= 4 is 22.9 Å². The lowest BCUT2D eigenvalue weighted by molar-refractivity contribution is -0.119. The van der Waals surface area contributed by atoms with Crippen molar-refractivity contribution in [3.63, 3.8) is 0 Å². The molecule has 7 heteroatoms. The Hall–Kier alpha value is -2.96. The van der Waals surface area contributed by atoms with E-state index in [1.165, 1.54) is 6.33 Å². The van der Waals surface area contributed by atoms with E-state index in [4.69, 9.17) is 0 Å². The number of nitrogens with zero attached hydrogens (tertiary/aromatic N) is 4. The summed E-state index contributed by atoms with van der Waals surface area (Å²) in [7, 11) is 1.85. The van der Waals surface area contributed by atoms with E-state index in [-0.39, 0.29) is 5.91 Å². The Bertz CT molecular complexity index is 767. The average molecular weight is 282 g/mol. The van der Waals surface area contributed by atoms with Gasteiger partial charge in [0, 0.05) is 7.05 Å². The SMILES string of the molecule is Cn1cnc2c(NNC(=O)Cc3ccccc3)ncnc21. The quantitative estimate of drug-likeness (QED) is 0.699. The van der Waals surface area contributed by atoms with Gasteiger partial charge in [-0.1, -0.05) is 30.3 Å². The molecular formula is C14H14N6O. The van der Waals surface area contributed by atoms with E-state index in [0.29, 0.717) is 23.4 Å². The highest BCUT2D eigenvalue weighted by Crippen LogP contribution is 2.15. The molecule has 0 saturated heterocycles. The second kappa shape index (κ2) is 5.58. The van der Waals surface area contributed by atoms with Gasteiger partial charge in [-0.2, -0.15) is 0 Å². The molecule has 0 aliphatic heterocycles. The minimum absolute atomic E-state index is 0.149. The average Bonchev–Trinajstić information content (AvgIpc) is 2.88. The maximum absolute atomic E-state index is 11.9. The molecule has 0 fully saturated rings. The van der Waals surface area contributed by atoms with Crippen LogP contribution in [0.4, 0.5) is 5.82 Å². The summed E-state index contributed by atoms with van der Waals surface area (Å²) in [5.41, 5.74) is 7.67. The zero-order valence-corrected chi connectivity index (χ0v) is 11.4. The molecule has 0 aliphatic rings. The molecule has 0 radical (unpaired) electrons. The summed E-state index contributed by atoms with van der Waals surface area (Å²) in [6.45, 7) is 0. The number of anilines is 1. The Morgan fingerprint density at radius 2 is 2.00 bits per heavy atom. The minimum Gasteiger partial charge on any atom is -0.318 e. The third-order valence-corrected chi connectivity index (χ3v) is 3.02. The number of benzene rings is 1. The number of aryl methyl sites for hydroxylation is 1. The van der Waals surface area contributed by atoms with Crippen LogP contribution in [-0.4, -0.2) is 25.4 Å². The molecule has 0 bridgehead atoms. The molecule has 2 heterocycles. The third-order valence-electron chi connectivity index (χ3n) is 3.02. The molecule has 2 N–H and O–H groups in total. The van der Waals surface area contributed by atoms with Crippen LogP contribution in [0.5, 0.6) is 0 Å². The Morgan fingerprint density at radius 1 is 1.19 bits per heavy atom. The largest absolute Gasteiger partial charge is 0.318 e. The number of imidazole rings is 1. The fraction of sp³-hybridized carbons (Fsp3) is 0.143. The zero-order chi connectivity index (χ0) is 14.7. The molecule has 0 atom stereocenters. The number of carbonyl (C=O) groups excluding carboxylic acids is 1. The van der Waals surface area contributed by atoms with Gasteiger partial charge in [-0.3, -0.25) is 15.6 Å². The molecule has 1 amide bonds. The molecule has 1 aromatic carbocycles. The van der Waals surface area contributed by atoms with Crippen LogP contribution in [0, 0.1) is 0 Å². The Labute approximate surface area is 121 Å². The number of fused-ring (bicyclic) bond motifs is 1. The maximum Gasteiger partial charge on any atom is 0.242 e. The van der Waals surface area contributed by atoms with Crippen molar-refractivity contribution in [3.05, 3.63) is 48.5 Å². The second-order valence-corrected chi connectivity index (χ2v) is 4.59. The number of aromatic nitrogens is 4. The fourth-order valence-corrected chi connectivity index (χ4v) is 1.99. The predicted octanol–water partition coefficient (Wildman–Crippen LogP) is 1.05. The van der Waals surface area contributed by atoms with Gasteiger partial charge in [0.1, 0.15) is 6.33 Å². The smallest absolute Gasteiger partial charge is 0.242 e. The van der Waals surface area contributed by atoms with Crippen LogP contribution in [0.3, 0.4) is 0 Å². The van der Waals surface area contributed by atoms with Crippen LogP contribution in [0.2, 0.25) is 0 Å². The van der Waals surface area contributed by atoms with Crippen molar-refractivity contribution in [2.24, 2.45) is 7.05 Å². The van der Waals surface area contributed by atoms with Crippen LogP contribution in [0.1, 0.15) is 5.56 Å². The predicted molar refractivity (Wildman–Crippen MR) is 78.2 cm³/mol. The Kier molecular flexibility index (Phi) is 3.46. The Morgan fingerprint density at radius 3 is 2.81 bits per heavy atom. The normalized spacial score (nSPS) is 10.5. The fourth-order valence-electron chi connectivity index (χ4n) is 1.99. The first-order valence-electron chi connectivity index (χ1n) is 6.45. The molecule has 0 aliphatic carbocycles. The van der Waals surface area contributed by atoms with Crippen molar-refractivity contribution in [2.75, 3.05) is 5.43 Å². The number of hydrogen-bond acceptors (Lipinski definition) is 5. The number of amides is 1. The monoisotopic (exact) mass is 282 g/mol. The molecule has 0 unspecified atom stereocenters. The van der Waals surface area contributed by atoms with E-state index in [0.717, 1.165) is 5.56 Å². The number of nitrogens with one attached hydrogen (secondary N) is 2. The highest BCUT2D eigenvalue weighted by atomic mass is 16.2. The molecule has 3 rings (SSSR count). The van der Waals surface area contributed by atoms with Crippen LogP contribution >= 0.6 is 0 Å². The van der Waals surface area contributed by atoms with Gasteiger partial charge in [0.25, 0.3) is 0 Å². The molecule has 106 valence electrons. The highest BCUT2D eigenvalue weighted by Gasteiger charge is 2.09. The van der Waals surface area contributed by atoms with Crippen molar-refractivity contribution in [1.82, 2.24) is 24.9 Å². The van der Waals surface area contributed by atoms with Crippen LogP contribution in [-0.2, 0) is 18.3 Å². The van der Waals surface area contributed by atoms with Gasteiger partial charge in [-0.15, -0.1) is 0 Å². The van der Waals surface area contributed by atoms with Gasteiger partial charge in [-0.05, 0) is 5.56 Å². The van der Waals surface area contributed by atoms with Crippen molar-refractivity contribution in [3.8, 4) is 0 Å². The van der Waals surface area contributed by atoms with E-state index >= 15 is 0 Å². The standard InChI is InChI=1S/C14H14N6O/c1-20-9-17-12-13(15-8-16-14(12)20)19-18-11(21)7-10-5-3-2-4-6-10/h2-6,8-9H,7H2,1H3,(H,18,21)(H,15,16,19). The van der Waals surface area contributed by atoms with Crippen LogP contribution in [0.25, 0.3) is 11.2 Å². The summed E-state index contributed by atoms with van der Waals surface area (Å²) >= 11 is 0. The lowest BCUT2D eigenvalue weighted by atomic mass is 10.1. The number of hydrazine groups is 1. The first-order valence-corrected chi connectivity index (χ1v) is 6.45. The molecule has 0 spiro atoms. The first kappa shape index (κ1) is 13.0. The topological polar surface area (TPSA) is 84.7 Å². The van der Waals surface area contributed by atoms with Gasteiger partial charge in [-0.25, -0.2) is 15.0 Å². The van der Waals surface area contributed by atoms with Gasteiger partial charge < -0.3 is 4.57 Å². The number of carbonyl (C=O) groups is 1. The number of rotatable bonds is 4. The van der Waals surface area contributed by atoms with E-state index < -0.39 is 0 Å². The van der Waals surface area contributed by atoms with Crippen LogP contribution < -0.4 is 10.9 Å². The third kappa shape index (κ3) is 2.81. The highest BCUT2D eigenvalue weighted by molar-refractivity contribution is 5.85.